The number of fused-ring (bicyclic) bond motifs is 1. The fourth-order valence-corrected chi connectivity index (χ4v) is 3.99. The Morgan fingerprint density at radius 3 is 2.40 bits per heavy atom. The second-order valence-electron chi connectivity index (χ2n) is 7.12. The monoisotopic (exact) mass is 331 g/mol. The molecule has 25 heavy (non-hydrogen) atoms. The molecule has 0 aromatic heterocycles. The van der Waals surface area contributed by atoms with E-state index in [1.54, 1.807) is 0 Å². The Hall–Kier alpha value is -2.55. The number of hydrogen-bond acceptors (Lipinski definition) is 3. The molecule has 4 rings (SSSR count). The highest BCUT2D eigenvalue weighted by molar-refractivity contribution is 6.16. The smallest absolute Gasteiger partial charge is 0.168 e. The Balaban J connectivity index is 1.68. The third kappa shape index (κ3) is 3.19. The van der Waals surface area contributed by atoms with Gasteiger partial charge in [0.1, 0.15) is 5.78 Å². The highest BCUT2D eigenvalue weighted by Crippen LogP contribution is 2.38. The number of hydrogen-bond donors (Lipinski definition) is 0. The van der Waals surface area contributed by atoms with Gasteiger partial charge in [-0.1, -0.05) is 54.6 Å². The van der Waals surface area contributed by atoms with Crippen LogP contribution in [0.4, 0.5) is 0 Å². The number of carbonyl (C=O) groups excluding carboxylic acids is 2. The van der Waals surface area contributed by atoms with E-state index in [0.29, 0.717) is 25.0 Å². The summed E-state index contributed by atoms with van der Waals surface area (Å²) in [4.78, 5) is 29.4. The summed E-state index contributed by atoms with van der Waals surface area (Å²) >= 11 is 0. The summed E-state index contributed by atoms with van der Waals surface area (Å²) < 4.78 is 0. The molecule has 1 saturated carbocycles. The summed E-state index contributed by atoms with van der Waals surface area (Å²) in [5.41, 5.74) is 3.75. The van der Waals surface area contributed by atoms with Gasteiger partial charge in [-0.25, -0.2) is 0 Å². The van der Waals surface area contributed by atoms with Crippen LogP contribution in [0.1, 0.15) is 53.6 Å². The van der Waals surface area contributed by atoms with Crippen molar-refractivity contribution < 1.29 is 9.59 Å². The summed E-state index contributed by atoms with van der Waals surface area (Å²) in [6, 6.07) is 17.6. The fourth-order valence-electron chi connectivity index (χ4n) is 3.99. The van der Waals surface area contributed by atoms with Crippen molar-refractivity contribution in [1.29, 1.82) is 0 Å². The summed E-state index contributed by atoms with van der Waals surface area (Å²) in [5.74, 6) is 0.430. The molecule has 3 heteroatoms. The van der Waals surface area contributed by atoms with Crippen molar-refractivity contribution in [2.75, 3.05) is 0 Å². The fraction of sp³-hybridized carbons (Fsp3) is 0.318. The van der Waals surface area contributed by atoms with Crippen LogP contribution in [0.2, 0.25) is 0 Å². The van der Waals surface area contributed by atoms with Gasteiger partial charge in [0.25, 0.3) is 0 Å². The minimum absolute atomic E-state index is 0.0955. The molecule has 1 spiro atoms. The number of carbonyl (C=O) groups is 2. The molecule has 3 nitrogen and oxygen atoms in total. The Labute approximate surface area is 147 Å². The summed E-state index contributed by atoms with van der Waals surface area (Å²) in [7, 11) is 0. The molecule has 2 aromatic rings. The Morgan fingerprint density at radius 1 is 0.960 bits per heavy atom. The lowest BCUT2D eigenvalue weighted by molar-refractivity contribution is -0.121. The molecule has 0 atom stereocenters. The van der Waals surface area contributed by atoms with Crippen LogP contribution in [-0.4, -0.2) is 22.8 Å². The van der Waals surface area contributed by atoms with Crippen molar-refractivity contribution in [3.63, 3.8) is 0 Å². The van der Waals surface area contributed by atoms with Crippen molar-refractivity contribution in [3.8, 4) is 0 Å². The van der Waals surface area contributed by atoms with E-state index < -0.39 is 0 Å². The Bertz CT molecular complexity index is 841. The summed E-state index contributed by atoms with van der Waals surface area (Å²) in [5, 5.41) is 0. The molecule has 1 aliphatic heterocycles. The summed E-state index contributed by atoms with van der Waals surface area (Å²) in [6.07, 6.45) is 3.99. The second-order valence-corrected chi connectivity index (χ2v) is 7.12. The van der Waals surface area contributed by atoms with E-state index in [1.807, 2.05) is 42.5 Å². The van der Waals surface area contributed by atoms with Gasteiger partial charge in [0.15, 0.2) is 5.78 Å². The molecule has 2 aliphatic rings. The predicted octanol–water partition coefficient (Wildman–Crippen LogP) is 4.19. The van der Waals surface area contributed by atoms with E-state index in [0.717, 1.165) is 36.1 Å². The largest absolute Gasteiger partial charge is 0.300 e. The van der Waals surface area contributed by atoms with Gasteiger partial charge in [0.05, 0.1) is 17.7 Å². The first kappa shape index (κ1) is 15.9. The van der Waals surface area contributed by atoms with Crippen molar-refractivity contribution in [2.45, 2.75) is 44.1 Å². The van der Waals surface area contributed by atoms with Crippen LogP contribution in [0.5, 0.6) is 0 Å². The zero-order valence-corrected chi connectivity index (χ0v) is 14.2. The van der Waals surface area contributed by atoms with Crippen LogP contribution in [0.3, 0.4) is 0 Å². The molecular weight excluding hydrogens is 310 g/mol. The zero-order chi connectivity index (χ0) is 17.3. The number of nitrogens with zero attached hydrogens (tertiary/aromatic N) is 1. The van der Waals surface area contributed by atoms with E-state index in [2.05, 4.69) is 12.1 Å². The van der Waals surface area contributed by atoms with Crippen LogP contribution >= 0.6 is 0 Å². The van der Waals surface area contributed by atoms with Gasteiger partial charge in [-0.05, 0) is 30.4 Å². The maximum absolute atomic E-state index is 12.7. The topological polar surface area (TPSA) is 46.5 Å². The first-order valence-corrected chi connectivity index (χ1v) is 8.92. The van der Waals surface area contributed by atoms with E-state index >= 15 is 0 Å². The molecule has 126 valence electrons. The average Bonchev–Trinajstić information content (AvgIpc) is 2.65. The molecule has 0 amide bonds. The molecule has 0 N–H and O–H groups in total. The first-order valence-electron chi connectivity index (χ1n) is 8.92. The molecule has 1 fully saturated rings. The van der Waals surface area contributed by atoms with Crippen molar-refractivity contribution in [2.24, 2.45) is 4.99 Å². The number of Topliss-reactive ketones (excluding diaryl/α,β-unsaturated/α-hetero) is 2. The third-order valence-corrected chi connectivity index (χ3v) is 5.38. The van der Waals surface area contributed by atoms with Crippen molar-refractivity contribution in [1.82, 2.24) is 0 Å². The lowest BCUT2D eigenvalue weighted by Crippen LogP contribution is -2.39. The van der Waals surface area contributed by atoms with E-state index in [9.17, 15) is 9.59 Å². The van der Waals surface area contributed by atoms with Gasteiger partial charge in [-0.3, -0.25) is 14.6 Å². The van der Waals surface area contributed by atoms with Gasteiger partial charge >= 0.3 is 0 Å². The quantitative estimate of drug-likeness (QED) is 0.792. The van der Waals surface area contributed by atoms with E-state index in [4.69, 9.17) is 4.99 Å². The van der Waals surface area contributed by atoms with Crippen LogP contribution in [0, 0.1) is 0 Å². The molecule has 2 aromatic carbocycles. The van der Waals surface area contributed by atoms with Crippen LogP contribution in [-0.2, 0) is 11.2 Å². The van der Waals surface area contributed by atoms with E-state index in [1.165, 1.54) is 5.56 Å². The standard InChI is InChI=1S/C22H21NO2/c24-18-10-12-22(13-11-18)15-17-8-4-5-9-19(17)20(23-22)14-21(25)16-6-2-1-3-7-16/h1-9H,10-15H2. The van der Waals surface area contributed by atoms with Gasteiger partial charge in [0.2, 0.25) is 0 Å². The predicted molar refractivity (Wildman–Crippen MR) is 98.3 cm³/mol. The molecule has 1 heterocycles. The minimum atomic E-state index is -0.200. The van der Waals surface area contributed by atoms with Gasteiger partial charge in [-0.2, -0.15) is 0 Å². The van der Waals surface area contributed by atoms with Gasteiger partial charge in [0, 0.05) is 18.4 Å². The van der Waals surface area contributed by atoms with Crippen LogP contribution < -0.4 is 0 Å². The van der Waals surface area contributed by atoms with Crippen LogP contribution in [0.25, 0.3) is 0 Å². The van der Waals surface area contributed by atoms with Gasteiger partial charge in [-0.15, -0.1) is 0 Å². The minimum Gasteiger partial charge on any atom is -0.300 e. The molecular formula is C22H21NO2. The third-order valence-electron chi connectivity index (χ3n) is 5.38. The second kappa shape index (κ2) is 6.40. The van der Waals surface area contributed by atoms with Crippen molar-refractivity contribution >= 4 is 17.3 Å². The Kier molecular flexibility index (Phi) is 4.08. The van der Waals surface area contributed by atoms with E-state index in [-0.39, 0.29) is 11.3 Å². The molecule has 0 bridgehead atoms. The molecule has 0 radical (unpaired) electrons. The maximum Gasteiger partial charge on any atom is 0.168 e. The molecule has 0 unspecified atom stereocenters. The number of rotatable bonds is 3. The average molecular weight is 331 g/mol. The lowest BCUT2D eigenvalue weighted by Gasteiger charge is -2.38. The molecule has 0 saturated heterocycles. The number of aliphatic imine (C=N–C) groups is 1. The Morgan fingerprint density at radius 2 is 1.64 bits per heavy atom. The highest BCUT2D eigenvalue weighted by atomic mass is 16.1. The zero-order valence-electron chi connectivity index (χ0n) is 14.2. The van der Waals surface area contributed by atoms with Gasteiger partial charge < -0.3 is 0 Å². The van der Waals surface area contributed by atoms with Crippen LogP contribution in [0.15, 0.2) is 59.6 Å². The first-order chi connectivity index (χ1) is 12.2. The maximum atomic E-state index is 12.7. The molecule has 1 aliphatic carbocycles. The highest BCUT2D eigenvalue weighted by Gasteiger charge is 2.38. The normalized spacial score (nSPS) is 18.6. The number of benzene rings is 2. The summed E-state index contributed by atoms with van der Waals surface area (Å²) in [6.45, 7) is 0. The van der Waals surface area contributed by atoms with Crippen molar-refractivity contribution in [3.05, 3.63) is 71.3 Å². The number of ketones is 2. The lowest BCUT2D eigenvalue weighted by atomic mass is 9.74. The SMILES string of the molecule is O=C1CCC2(CC1)Cc1ccccc1C(CC(=O)c1ccccc1)=N2.